The third kappa shape index (κ3) is 6.77. The molecule has 0 bridgehead atoms. The van der Waals surface area contributed by atoms with E-state index in [1.165, 1.54) is 11.8 Å². The Hall–Kier alpha value is -5.46. The third-order valence-corrected chi connectivity index (χ3v) is 9.27. The van der Waals surface area contributed by atoms with Crippen molar-refractivity contribution in [2.24, 2.45) is 5.73 Å². The van der Waals surface area contributed by atoms with E-state index in [4.69, 9.17) is 10.5 Å². The number of ether oxygens (including phenoxy) is 1. The Labute approximate surface area is 271 Å². The number of hydrogen-bond donors (Lipinski definition) is 3. The lowest BCUT2D eigenvalue weighted by atomic mass is 10.1. The molecule has 4 N–H and O–H groups in total. The Morgan fingerprint density at radius 2 is 1.72 bits per heavy atom. The van der Waals surface area contributed by atoms with Crippen LogP contribution in [0.1, 0.15) is 44.4 Å². The van der Waals surface area contributed by atoms with Crippen molar-refractivity contribution in [3.05, 3.63) is 131 Å². The van der Waals surface area contributed by atoms with E-state index in [1.54, 1.807) is 36.3 Å². The third-order valence-electron chi connectivity index (χ3n) is 7.83. The molecule has 3 amide bonds. The number of aromatic amines is 1. The highest BCUT2D eigenvalue weighted by atomic mass is 32.2. The van der Waals surface area contributed by atoms with Crippen molar-refractivity contribution in [3.63, 3.8) is 0 Å². The lowest BCUT2D eigenvalue weighted by Crippen LogP contribution is -2.34. The van der Waals surface area contributed by atoms with Crippen LogP contribution in [0.2, 0.25) is 0 Å². The van der Waals surface area contributed by atoms with E-state index in [1.807, 2.05) is 79.0 Å². The average Bonchev–Trinajstić information content (AvgIpc) is 3.64. The minimum Gasteiger partial charge on any atom is -0.497 e. The first-order valence-electron chi connectivity index (χ1n) is 14.9. The van der Waals surface area contributed by atoms with Crippen LogP contribution >= 0.6 is 11.8 Å². The summed E-state index contributed by atoms with van der Waals surface area (Å²) in [4.78, 5) is 43.8. The van der Waals surface area contributed by atoms with E-state index in [0.717, 1.165) is 38.9 Å². The number of benzene rings is 4. The molecule has 9 heteroatoms. The summed E-state index contributed by atoms with van der Waals surface area (Å²) in [6, 6.07) is 30.1. The highest BCUT2D eigenvalue weighted by molar-refractivity contribution is 8.01. The molecule has 2 heterocycles. The van der Waals surface area contributed by atoms with Crippen LogP contribution in [0.15, 0.2) is 103 Å². The van der Waals surface area contributed by atoms with Gasteiger partial charge < -0.3 is 20.8 Å². The molecule has 2 atom stereocenters. The van der Waals surface area contributed by atoms with Crippen LogP contribution in [-0.2, 0) is 16.0 Å². The summed E-state index contributed by atoms with van der Waals surface area (Å²) in [6.45, 7) is 0.433. The van der Waals surface area contributed by atoms with Crippen LogP contribution in [0.4, 0.5) is 5.69 Å². The van der Waals surface area contributed by atoms with Crippen molar-refractivity contribution in [2.45, 2.75) is 23.5 Å². The minimum absolute atomic E-state index is 0.0255. The molecule has 46 heavy (non-hydrogen) atoms. The molecule has 6 rings (SSSR count). The van der Waals surface area contributed by atoms with E-state index >= 15 is 0 Å². The van der Waals surface area contributed by atoms with Crippen LogP contribution in [0.5, 0.6) is 5.75 Å². The normalized spacial score (nSPS) is 15.8. The summed E-state index contributed by atoms with van der Waals surface area (Å²) in [7, 11) is 1.63. The number of carbonyl (C=O) groups is 3. The van der Waals surface area contributed by atoms with E-state index in [2.05, 4.69) is 22.1 Å². The Kier molecular flexibility index (Phi) is 9.08. The zero-order valence-corrected chi connectivity index (χ0v) is 26.0. The minimum atomic E-state index is -0.611. The number of rotatable bonds is 9. The fourth-order valence-electron chi connectivity index (χ4n) is 5.45. The number of thioether (sulfide) groups is 1. The molecular formula is C37H32N4O4S. The summed E-state index contributed by atoms with van der Waals surface area (Å²) in [5.74, 6) is 6.13. The van der Waals surface area contributed by atoms with Gasteiger partial charge in [0.05, 0.1) is 12.4 Å². The molecule has 1 aliphatic heterocycles. The molecule has 0 spiro atoms. The Balaban J connectivity index is 1.17. The number of anilines is 1. The lowest BCUT2D eigenvalue weighted by Gasteiger charge is -2.24. The van der Waals surface area contributed by atoms with Gasteiger partial charge in [-0.1, -0.05) is 48.2 Å². The standard InChI is InChI=1S/C37H32N4O4S/c1-45-30-16-17-31-28(23-40-32(31)21-30)18-19-39-34(42)22-33-36(44)41(29-9-5-8-27(20-29)35(38)43)37(46-33)26-14-12-25(13-15-26)11-10-24-6-3-2-4-7-24/h2-9,12-17,20-21,23,33,37,40H,18-19,22H2,1H3,(H2,38,43)(H,39,42)/t33-,37+/m1/s1. The van der Waals surface area contributed by atoms with Crippen LogP contribution in [0.25, 0.3) is 10.9 Å². The van der Waals surface area contributed by atoms with E-state index in [0.29, 0.717) is 24.2 Å². The fraction of sp³-hybridized carbons (Fsp3) is 0.162. The SMILES string of the molecule is COc1ccc2c(CCNC(=O)C[C@H]3S[C@@H](c4ccc(C#Cc5ccccc5)cc4)N(c4cccc(C(N)=O)c4)C3=O)c[nH]c2c1. The van der Waals surface area contributed by atoms with Gasteiger partial charge in [0.15, 0.2) is 0 Å². The van der Waals surface area contributed by atoms with E-state index in [9.17, 15) is 14.4 Å². The molecule has 4 aromatic carbocycles. The lowest BCUT2D eigenvalue weighted by molar-refractivity contribution is -0.124. The second-order valence-corrected chi connectivity index (χ2v) is 12.2. The van der Waals surface area contributed by atoms with Gasteiger partial charge >= 0.3 is 0 Å². The maximum absolute atomic E-state index is 13.9. The topological polar surface area (TPSA) is 118 Å². The number of methoxy groups -OCH3 is 1. The van der Waals surface area contributed by atoms with Crippen LogP contribution in [0.3, 0.4) is 0 Å². The summed E-state index contributed by atoms with van der Waals surface area (Å²) >= 11 is 1.42. The second kappa shape index (κ2) is 13.7. The molecule has 1 aliphatic rings. The smallest absolute Gasteiger partial charge is 0.248 e. The molecule has 5 aromatic rings. The number of nitrogens with one attached hydrogen (secondary N) is 2. The Bertz CT molecular complexity index is 1960. The summed E-state index contributed by atoms with van der Waals surface area (Å²) in [5, 5.41) is 3.04. The number of hydrogen-bond acceptors (Lipinski definition) is 5. The molecule has 1 aromatic heterocycles. The maximum atomic E-state index is 13.9. The van der Waals surface area contributed by atoms with Gasteiger partial charge in [-0.15, -0.1) is 11.8 Å². The monoisotopic (exact) mass is 628 g/mol. The van der Waals surface area contributed by atoms with Gasteiger partial charge in [0.25, 0.3) is 0 Å². The number of aromatic nitrogens is 1. The highest BCUT2D eigenvalue weighted by Gasteiger charge is 2.42. The first-order valence-corrected chi connectivity index (χ1v) is 15.8. The van der Waals surface area contributed by atoms with Crippen molar-refractivity contribution >= 4 is 46.1 Å². The Morgan fingerprint density at radius 3 is 2.46 bits per heavy atom. The molecule has 0 aliphatic carbocycles. The molecular weight excluding hydrogens is 596 g/mol. The highest BCUT2D eigenvalue weighted by Crippen LogP contribution is 2.46. The second-order valence-electron chi connectivity index (χ2n) is 10.9. The number of H-pyrrole nitrogens is 1. The quantitative estimate of drug-likeness (QED) is 0.185. The fourth-order valence-corrected chi connectivity index (χ4v) is 6.90. The van der Waals surface area contributed by atoms with Crippen molar-refractivity contribution in [3.8, 4) is 17.6 Å². The number of nitrogens with zero attached hydrogens (tertiary/aromatic N) is 1. The number of nitrogens with two attached hydrogens (primary N) is 1. The average molecular weight is 629 g/mol. The zero-order chi connectivity index (χ0) is 32.0. The molecule has 0 unspecified atom stereocenters. The number of fused-ring (bicyclic) bond motifs is 1. The van der Waals surface area contributed by atoms with Gasteiger partial charge in [0, 0.05) is 58.5 Å². The van der Waals surface area contributed by atoms with Crippen molar-refractivity contribution < 1.29 is 19.1 Å². The predicted octanol–water partition coefficient (Wildman–Crippen LogP) is 5.57. The maximum Gasteiger partial charge on any atom is 0.248 e. The van der Waals surface area contributed by atoms with Gasteiger partial charge in [0.1, 0.15) is 11.1 Å². The summed E-state index contributed by atoms with van der Waals surface area (Å²) in [5.41, 5.74) is 11.1. The summed E-state index contributed by atoms with van der Waals surface area (Å²) in [6.07, 6.45) is 2.60. The number of amides is 3. The molecule has 0 saturated carbocycles. The first kappa shape index (κ1) is 30.6. The molecule has 1 saturated heterocycles. The van der Waals surface area contributed by atoms with E-state index in [-0.39, 0.29) is 18.2 Å². The molecule has 1 fully saturated rings. The molecule has 230 valence electrons. The first-order chi connectivity index (χ1) is 22.4. The predicted molar refractivity (Wildman–Crippen MR) is 182 cm³/mol. The van der Waals surface area contributed by atoms with Crippen molar-refractivity contribution in [1.82, 2.24) is 10.3 Å². The van der Waals surface area contributed by atoms with Gasteiger partial charge in [-0.05, 0) is 72.1 Å². The molecule has 8 nitrogen and oxygen atoms in total. The Morgan fingerprint density at radius 1 is 0.957 bits per heavy atom. The van der Waals surface area contributed by atoms with Crippen molar-refractivity contribution in [1.29, 1.82) is 0 Å². The summed E-state index contributed by atoms with van der Waals surface area (Å²) < 4.78 is 5.30. The van der Waals surface area contributed by atoms with Crippen LogP contribution in [0, 0.1) is 11.8 Å². The van der Waals surface area contributed by atoms with Gasteiger partial charge in [-0.3, -0.25) is 19.3 Å². The van der Waals surface area contributed by atoms with Gasteiger partial charge in [-0.2, -0.15) is 0 Å². The number of primary amides is 1. The zero-order valence-electron chi connectivity index (χ0n) is 25.2. The van der Waals surface area contributed by atoms with Gasteiger partial charge in [0.2, 0.25) is 17.7 Å². The molecule has 0 radical (unpaired) electrons. The van der Waals surface area contributed by atoms with Crippen LogP contribution in [-0.4, -0.2) is 41.6 Å². The largest absolute Gasteiger partial charge is 0.497 e. The van der Waals surface area contributed by atoms with Crippen LogP contribution < -0.4 is 20.7 Å². The number of carbonyl (C=O) groups excluding carboxylic acids is 3. The van der Waals surface area contributed by atoms with Gasteiger partial charge in [-0.25, -0.2) is 0 Å². The van der Waals surface area contributed by atoms with E-state index < -0.39 is 16.5 Å². The van der Waals surface area contributed by atoms with Crippen molar-refractivity contribution in [2.75, 3.05) is 18.6 Å².